The highest BCUT2D eigenvalue weighted by molar-refractivity contribution is 7.91. The van der Waals surface area contributed by atoms with Crippen LogP contribution in [0.25, 0.3) is 11.1 Å². The fourth-order valence-corrected chi connectivity index (χ4v) is 2.59. The van der Waals surface area contributed by atoms with Crippen LogP contribution >= 0.6 is 0 Å². The zero-order valence-corrected chi connectivity index (χ0v) is 11.8. The van der Waals surface area contributed by atoms with Crippen LogP contribution in [0.15, 0.2) is 35.5 Å². The number of hydrogen-bond acceptors (Lipinski definition) is 3. The molecular formula is C14H13F2NO2S. The van der Waals surface area contributed by atoms with Gasteiger partial charge in [0.15, 0.2) is 9.84 Å². The van der Waals surface area contributed by atoms with Gasteiger partial charge in [0.1, 0.15) is 11.6 Å². The third-order valence-corrected chi connectivity index (χ3v) is 4.77. The fourth-order valence-electron chi connectivity index (χ4n) is 1.73. The van der Waals surface area contributed by atoms with Crippen LogP contribution in [0.4, 0.5) is 8.78 Å². The molecule has 2 rings (SSSR count). The maximum absolute atomic E-state index is 13.5. The Balaban J connectivity index is 2.58. The summed E-state index contributed by atoms with van der Waals surface area (Å²) in [5, 5.41) is 0. The first-order chi connectivity index (χ1) is 9.35. The minimum absolute atomic E-state index is 0.0406. The molecule has 0 radical (unpaired) electrons. The van der Waals surface area contributed by atoms with Gasteiger partial charge in [-0.25, -0.2) is 17.2 Å². The highest BCUT2D eigenvalue weighted by atomic mass is 32.2. The van der Waals surface area contributed by atoms with Gasteiger partial charge >= 0.3 is 0 Å². The second-order valence-corrected chi connectivity index (χ2v) is 6.66. The van der Waals surface area contributed by atoms with E-state index >= 15 is 0 Å². The molecule has 3 nitrogen and oxygen atoms in total. The van der Waals surface area contributed by atoms with Crippen molar-refractivity contribution in [2.24, 2.45) is 0 Å². The highest BCUT2D eigenvalue weighted by Crippen LogP contribution is 2.25. The van der Waals surface area contributed by atoms with Crippen LogP contribution in [0.2, 0.25) is 0 Å². The van der Waals surface area contributed by atoms with Crippen molar-refractivity contribution in [3.05, 3.63) is 47.8 Å². The van der Waals surface area contributed by atoms with Crippen LogP contribution in [0.3, 0.4) is 0 Å². The Hall–Kier alpha value is -1.82. The van der Waals surface area contributed by atoms with Gasteiger partial charge in [0.2, 0.25) is 0 Å². The summed E-state index contributed by atoms with van der Waals surface area (Å²) >= 11 is 0. The molecule has 0 spiro atoms. The van der Waals surface area contributed by atoms with Gasteiger partial charge in [-0.05, 0) is 30.7 Å². The largest absolute Gasteiger partial charge is 0.263 e. The zero-order chi connectivity index (χ0) is 14.9. The molecule has 2 aromatic rings. The summed E-state index contributed by atoms with van der Waals surface area (Å²) in [5.41, 5.74) is 0.544. The monoisotopic (exact) mass is 297 g/mol. The molecule has 0 aliphatic rings. The Labute approximate surface area is 116 Å². The summed E-state index contributed by atoms with van der Waals surface area (Å²) in [6.45, 7) is 2.86. The lowest BCUT2D eigenvalue weighted by atomic mass is 10.1. The summed E-state index contributed by atoms with van der Waals surface area (Å²) < 4.78 is 50.7. The van der Waals surface area contributed by atoms with Crippen molar-refractivity contribution in [1.82, 2.24) is 4.98 Å². The summed E-state index contributed by atoms with van der Waals surface area (Å²) in [5.74, 6) is -1.41. The minimum atomic E-state index is -3.41. The number of nitrogens with zero attached hydrogens (tertiary/aromatic N) is 1. The van der Waals surface area contributed by atoms with Gasteiger partial charge in [-0.2, -0.15) is 0 Å². The van der Waals surface area contributed by atoms with Gasteiger partial charge in [-0.15, -0.1) is 0 Å². The van der Waals surface area contributed by atoms with Gasteiger partial charge in [0, 0.05) is 23.5 Å². The first-order valence-corrected chi connectivity index (χ1v) is 7.64. The van der Waals surface area contributed by atoms with E-state index in [1.807, 2.05) is 0 Å². The minimum Gasteiger partial charge on any atom is -0.263 e. The Kier molecular flexibility index (Phi) is 3.85. The quantitative estimate of drug-likeness (QED) is 0.874. The molecule has 0 fully saturated rings. The van der Waals surface area contributed by atoms with E-state index in [1.165, 1.54) is 32.3 Å². The number of hydrogen-bond donors (Lipinski definition) is 0. The Morgan fingerprint density at radius 3 is 2.20 bits per heavy atom. The van der Waals surface area contributed by atoms with Crippen LogP contribution in [-0.4, -0.2) is 19.2 Å². The normalized spacial score (nSPS) is 11.6. The number of sulfone groups is 1. The fraction of sp³-hybridized carbons (Fsp3) is 0.214. The van der Waals surface area contributed by atoms with Crippen LogP contribution < -0.4 is 0 Å². The molecule has 0 bridgehead atoms. The molecule has 0 N–H and O–H groups in total. The van der Waals surface area contributed by atoms with Gasteiger partial charge in [0.05, 0.1) is 10.6 Å². The van der Waals surface area contributed by atoms with E-state index < -0.39 is 21.5 Å². The molecule has 0 atom stereocenters. The summed E-state index contributed by atoms with van der Waals surface area (Å²) in [4.78, 5) is 3.87. The summed E-state index contributed by atoms with van der Waals surface area (Å²) in [7, 11) is -3.41. The molecule has 1 aromatic carbocycles. The molecule has 0 saturated heterocycles. The third-order valence-electron chi connectivity index (χ3n) is 3.07. The standard InChI is InChI=1S/C14H13F2NO2S/c1-3-20(18,19)12-4-11(7-17-8-12)10-5-13(15)9(2)14(16)6-10/h4-8H,3H2,1-2H3. The molecule has 6 heteroatoms. The van der Waals surface area contributed by atoms with E-state index in [-0.39, 0.29) is 21.8 Å². The average Bonchev–Trinajstić information content (AvgIpc) is 2.44. The van der Waals surface area contributed by atoms with Crippen molar-refractivity contribution >= 4 is 9.84 Å². The molecule has 0 amide bonds. The molecule has 0 unspecified atom stereocenters. The van der Waals surface area contributed by atoms with E-state index in [0.29, 0.717) is 5.56 Å². The van der Waals surface area contributed by atoms with E-state index in [0.717, 1.165) is 12.1 Å². The lowest BCUT2D eigenvalue weighted by molar-refractivity contribution is 0.569. The van der Waals surface area contributed by atoms with Crippen LogP contribution in [0, 0.1) is 18.6 Å². The van der Waals surface area contributed by atoms with Gasteiger partial charge < -0.3 is 0 Å². The third kappa shape index (κ3) is 2.70. The molecule has 0 saturated carbocycles. The first kappa shape index (κ1) is 14.6. The van der Waals surface area contributed by atoms with Crippen molar-refractivity contribution in [3.8, 4) is 11.1 Å². The number of benzene rings is 1. The molecule has 0 aliphatic carbocycles. The highest BCUT2D eigenvalue weighted by Gasteiger charge is 2.14. The van der Waals surface area contributed by atoms with Crippen LogP contribution in [0.1, 0.15) is 12.5 Å². The van der Waals surface area contributed by atoms with Crippen molar-refractivity contribution in [1.29, 1.82) is 0 Å². The number of pyridine rings is 1. The lowest BCUT2D eigenvalue weighted by Gasteiger charge is -2.07. The van der Waals surface area contributed by atoms with Crippen molar-refractivity contribution in [3.63, 3.8) is 0 Å². The maximum Gasteiger partial charge on any atom is 0.179 e. The van der Waals surface area contributed by atoms with E-state index in [9.17, 15) is 17.2 Å². The smallest absolute Gasteiger partial charge is 0.179 e. The van der Waals surface area contributed by atoms with Crippen molar-refractivity contribution in [2.45, 2.75) is 18.7 Å². The first-order valence-electron chi connectivity index (χ1n) is 5.99. The van der Waals surface area contributed by atoms with Crippen LogP contribution in [-0.2, 0) is 9.84 Å². The number of halogens is 2. The van der Waals surface area contributed by atoms with E-state index in [2.05, 4.69) is 4.98 Å². The molecule has 106 valence electrons. The zero-order valence-electron chi connectivity index (χ0n) is 11.0. The topological polar surface area (TPSA) is 47.0 Å². The van der Waals surface area contributed by atoms with Gasteiger partial charge in [-0.3, -0.25) is 4.98 Å². The number of aromatic nitrogens is 1. The van der Waals surface area contributed by atoms with E-state index in [4.69, 9.17) is 0 Å². The van der Waals surface area contributed by atoms with Gasteiger partial charge in [0.25, 0.3) is 0 Å². The molecule has 1 heterocycles. The van der Waals surface area contributed by atoms with Crippen LogP contribution in [0.5, 0.6) is 0 Å². The lowest BCUT2D eigenvalue weighted by Crippen LogP contribution is -2.04. The molecule has 20 heavy (non-hydrogen) atoms. The van der Waals surface area contributed by atoms with Crippen molar-refractivity contribution < 1.29 is 17.2 Å². The van der Waals surface area contributed by atoms with Crippen molar-refractivity contribution in [2.75, 3.05) is 5.75 Å². The summed E-state index contributed by atoms with van der Waals surface area (Å²) in [6.07, 6.45) is 2.60. The Morgan fingerprint density at radius 2 is 1.65 bits per heavy atom. The Bertz CT molecular complexity index is 735. The van der Waals surface area contributed by atoms with E-state index in [1.54, 1.807) is 0 Å². The predicted octanol–water partition coefficient (Wildman–Crippen LogP) is 3.13. The molecular weight excluding hydrogens is 284 g/mol. The maximum atomic E-state index is 13.5. The SMILES string of the molecule is CCS(=O)(=O)c1cncc(-c2cc(F)c(C)c(F)c2)c1. The Morgan fingerprint density at radius 1 is 1.05 bits per heavy atom. The molecule has 0 aliphatic heterocycles. The second kappa shape index (κ2) is 5.28. The summed E-state index contributed by atoms with van der Waals surface area (Å²) in [6, 6.07) is 3.70. The predicted molar refractivity (Wildman–Crippen MR) is 72.1 cm³/mol. The average molecular weight is 297 g/mol. The molecule has 1 aromatic heterocycles. The van der Waals surface area contributed by atoms with Gasteiger partial charge in [-0.1, -0.05) is 6.92 Å². The second-order valence-electron chi connectivity index (χ2n) is 4.38. The number of rotatable bonds is 3.